The molecule has 0 atom stereocenters. The van der Waals surface area contributed by atoms with Crippen molar-refractivity contribution in [3.63, 3.8) is 0 Å². The number of nitrogens with zero attached hydrogens (tertiary/aromatic N) is 1. The molecule has 2 aromatic rings. The smallest absolute Gasteiger partial charge is 0.303 e. The van der Waals surface area contributed by atoms with Gasteiger partial charge in [-0.15, -0.1) is 0 Å². The molecule has 3 rings (SSSR count). The second-order valence-electron chi connectivity index (χ2n) is 7.33. The van der Waals surface area contributed by atoms with Gasteiger partial charge in [-0.1, -0.05) is 24.3 Å². The first-order chi connectivity index (χ1) is 12.8. The van der Waals surface area contributed by atoms with Crippen LogP contribution in [0.3, 0.4) is 0 Å². The van der Waals surface area contributed by atoms with Crippen LogP contribution in [-0.4, -0.2) is 35.0 Å². The highest BCUT2D eigenvalue weighted by Crippen LogP contribution is 2.26. The average Bonchev–Trinajstić information content (AvgIpc) is 2.63. The van der Waals surface area contributed by atoms with Crippen molar-refractivity contribution in [3.05, 3.63) is 58.9 Å². The van der Waals surface area contributed by atoms with Gasteiger partial charge in [0.25, 0.3) is 5.91 Å². The van der Waals surface area contributed by atoms with Gasteiger partial charge >= 0.3 is 5.97 Å². The van der Waals surface area contributed by atoms with Crippen LogP contribution in [-0.2, 0) is 4.79 Å². The molecule has 1 N–H and O–H groups in total. The van der Waals surface area contributed by atoms with E-state index in [4.69, 9.17) is 5.11 Å². The zero-order chi connectivity index (χ0) is 19.6. The largest absolute Gasteiger partial charge is 0.481 e. The minimum Gasteiger partial charge on any atom is -0.481 e. The van der Waals surface area contributed by atoms with E-state index in [9.17, 15) is 14.0 Å². The van der Waals surface area contributed by atoms with E-state index in [-0.39, 0.29) is 23.8 Å². The third kappa shape index (κ3) is 4.35. The third-order valence-electron chi connectivity index (χ3n) is 5.40. The van der Waals surface area contributed by atoms with Crippen molar-refractivity contribution in [2.75, 3.05) is 13.1 Å². The molecular weight excluding hydrogens is 345 g/mol. The molecule has 0 aromatic heterocycles. The maximum atomic E-state index is 14.6. The van der Waals surface area contributed by atoms with Crippen LogP contribution >= 0.6 is 0 Å². The van der Waals surface area contributed by atoms with Crippen molar-refractivity contribution < 1.29 is 19.1 Å². The Morgan fingerprint density at radius 1 is 1.04 bits per heavy atom. The fourth-order valence-electron chi connectivity index (χ4n) is 3.55. The van der Waals surface area contributed by atoms with E-state index in [1.54, 1.807) is 17.0 Å². The molecule has 0 unspecified atom stereocenters. The molecule has 0 saturated carbocycles. The Kier molecular flexibility index (Phi) is 5.59. The van der Waals surface area contributed by atoms with Crippen LogP contribution in [0, 0.1) is 25.6 Å². The molecule has 4 nitrogen and oxygen atoms in total. The monoisotopic (exact) mass is 369 g/mol. The van der Waals surface area contributed by atoms with Gasteiger partial charge in [0.15, 0.2) is 0 Å². The van der Waals surface area contributed by atoms with Gasteiger partial charge in [-0.2, -0.15) is 0 Å². The summed E-state index contributed by atoms with van der Waals surface area (Å²) in [5.74, 6) is -1.58. The molecule has 27 heavy (non-hydrogen) atoms. The highest BCUT2D eigenvalue weighted by Gasteiger charge is 2.26. The Balaban J connectivity index is 1.73. The summed E-state index contributed by atoms with van der Waals surface area (Å²) >= 11 is 0. The number of carboxylic acids is 1. The molecule has 0 aliphatic carbocycles. The predicted octanol–water partition coefficient (Wildman–Crippen LogP) is 4.44. The Morgan fingerprint density at radius 3 is 2.26 bits per heavy atom. The minimum atomic E-state index is -0.812. The molecule has 1 saturated heterocycles. The molecule has 0 radical (unpaired) electrons. The summed E-state index contributed by atoms with van der Waals surface area (Å²) in [6.07, 6.45) is 1.40. The quantitative estimate of drug-likeness (QED) is 0.867. The number of aryl methyl sites for hydroxylation is 2. The molecule has 1 aliphatic rings. The van der Waals surface area contributed by atoms with Crippen LogP contribution in [0.1, 0.15) is 40.7 Å². The van der Waals surface area contributed by atoms with Gasteiger partial charge in [0, 0.05) is 19.5 Å². The van der Waals surface area contributed by atoms with Gasteiger partial charge in [0.1, 0.15) is 5.82 Å². The van der Waals surface area contributed by atoms with Crippen LogP contribution in [0.4, 0.5) is 4.39 Å². The first-order valence-electron chi connectivity index (χ1n) is 9.23. The number of halogens is 1. The molecule has 0 bridgehead atoms. The summed E-state index contributed by atoms with van der Waals surface area (Å²) in [6.45, 7) is 4.98. The van der Waals surface area contributed by atoms with Crippen molar-refractivity contribution in [1.29, 1.82) is 0 Å². The third-order valence-corrected chi connectivity index (χ3v) is 5.40. The zero-order valence-electron chi connectivity index (χ0n) is 15.7. The number of aliphatic carboxylic acids is 1. The summed E-state index contributed by atoms with van der Waals surface area (Å²) in [7, 11) is 0. The summed E-state index contributed by atoms with van der Waals surface area (Å²) in [5.41, 5.74) is 4.05. The van der Waals surface area contributed by atoms with Crippen molar-refractivity contribution >= 4 is 11.9 Å². The van der Waals surface area contributed by atoms with Crippen molar-refractivity contribution in [1.82, 2.24) is 4.90 Å². The second-order valence-corrected chi connectivity index (χ2v) is 7.33. The molecular formula is C22H24FNO3. The summed E-state index contributed by atoms with van der Waals surface area (Å²) in [4.78, 5) is 25.1. The molecule has 1 heterocycles. The summed E-state index contributed by atoms with van der Waals surface area (Å²) < 4.78 is 14.6. The minimum absolute atomic E-state index is 0.0688. The SMILES string of the molecule is Cc1ccc(-c2ccc(C(=O)N3CCC(CC(=O)O)CC3)c(F)c2)cc1C. The van der Waals surface area contributed by atoms with Crippen molar-refractivity contribution in [2.45, 2.75) is 33.1 Å². The number of carbonyl (C=O) groups excluding carboxylic acids is 1. The fourth-order valence-corrected chi connectivity index (χ4v) is 3.55. The van der Waals surface area contributed by atoms with E-state index in [1.807, 2.05) is 32.0 Å². The fraction of sp³-hybridized carbons (Fsp3) is 0.364. The lowest BCUT2D eigenvalue weighted by Crippen LogP contribution is -2.39. The lowest BCUT2D eigenvalue weighted by Gasteiger charge is -2.31. The van der Waals surface area contributed by atoms with E-state index in [0.29, 0.717) is 25.9 Å². The highest BCUT2D eigenvalue weighted by atomic mass is 19.1. The van der Waals surface area contributed by atoms with Crippen LogP contribution in [0.5, 0.6) is 0 Å². The van der Waals surface area contributed by atoms with Gasteiger partial charge in [0.05, 0.1) is 5.56 Å². The van der Waals surface area contributed by atoms with E-state index < -0.39 is 11.8 Å². The van der Waals surface area contributed by atoms with Gasteiger partial charge in [-0.3, -0.25) is 9.59 Å². The number of benzene rings is 2. The molecule has 0 spiro atoms. The van der Waals surface area contributed by atoms with E-state index in [0.717, 1.165) is 16.7 Å². The summed E-state index contributed by atoms with van der Waals surface area (Å²) in [5, 5.41) is 8.88. The first-order valence-corrected chi connectivity index (χ1v) is 9.23. The second kappa shape index (κ2) is 7.91. The van der Waals surface area contributed by atoms with Gasteiger partial charge in [-0.25, -0.2) is 4.39 Å². The number of likely N-dealkylation sites (tertiary alicyclic amines) is 1. The van der Waals surface area contributed by atoms with Crippen molar-refractivity contribution in [2.24, 2.45) is 5.92 Å². The molecule has 1 amide bonds. The van der Waals surface area contributed by atoms with Crippen LogP contribution in [0.2, 0.25) is 0 Å². The number of carbonyl (C=O) groups is 2. The Bertz CT molecular complexity index is 870. The van der Waals surface area contributed by atoms with E-state index in [2.05, 4.69) is 0 Å². The van der Waals surface area contributed by atoms with E-state index in [1.165, 1.54) is 11.6 Å². The number of amides is 1. The number of carboxylic acid groups (broad SMARTS) is 1. The average molecular weight is 369 g/mol. The molecule has 2 aromatic carbocycles. The first kappa shape index (κ1) is 19.1. The topological polar surface area (TPSA) is 57.6 Å². The van der Waals surface area contributed by atoms with Crippen LogP contribution in [0.15, 0.2) is 36.4 Å². The molecule has 1 aliphatic heterocycles. The maximum absolute atomic E-state index is 14.6. The Hall–Kier alpha value is -2.69. The lowest BCUT2D eigenvalue weighted by molar-refractivity contribution is -0.138. The molecule has 5 heteroatoms. The molecule has 1 fully saturated rings. The number of hydrogen-bond acceptors (Lipinski definition) is 2. The normalized spacial score (nSPS) is 15.0. The lowest BCUT2D eigenvalue weighted by atomic mass is 9.93. The Morgan fingerprint density at radius 2 is 1.67 bits per heavy atom. The zero-order valence-corrected chi connectivity index (χ0v) is 15.7. The number of rotatable bonds is 4. The van der Waals surface area contributed by atoms with Gasteiger partial charge < -0.3 is 10.0 Å². The number of piperidine rings is 1. The molecule has 142 valence electrons. The van der Waals surface area contributed by atoms with Crippen LogP contribution in [0.25, 0.3) is 11.1 Å². The van der Waals surface area contributed by atoms with E-state index >= 15 is 0 Å². The standard InChI is InChI=1S/C22H24FNO3/c1-14-3-4-17(11-15(14)2)18-5-6-19(20(23)13-18)22(27)24-9-7-16(8-10-24)12-21(25)26/h3-6,11,13,16H,7-10,12H2,1-2H3,(H,25,26). The van der Waals surface area contributed by atoms with Gasteiger partial charge in [-0.05, 0) is 67.0 Å². The van der Waals surface area contributed by atoms with Crippen LogP contribution < -0.4 is 0 Å². The van der Waals surface area contributed by atoms with Gasteiger partial charge in [0.2, 0.25) is 0 Å². The summed E-state index contributed by atoms with van der Waals surface area (Å²) in [6, 6.07) is 10.7. The Labute approximate surface area is 158 Å². The highest BCUT2D eigenvalue weighted by molar-refractivity contribution is 5.95. The predicted molar refractivity (Wildman–Crippen MR) is 102 cm³/mol. The number of hydrogen-bond donors (Lipinski definition) is 1. The maximum Gasteiger partial charge on any atom is 0.303 e. The van der Waals surface area contributed by atoms with Crippen molar-refractivity contribution in [3.8, 4) is 11.1 Å².